The minimum absolute atomic E-state index is 0.322. The standard InChI is InChI=1S/C16H12ClFO/c1-2-11-9-10-7-8-14(18)15(16(10)19-11)12-5-3-4-6-13(12)17/h3-9H,2H2,1H3. The van der Waals surface area contributed by atoms with Crippen molar-refractivity contribution in [3.8, 4) is 11.1 Å². The Balaban J connectivity index is 2.36. The van der Waals surface area contributed by atoms with E-state index in [0.29, 0.717) is 21.7 Å². The Hall–Kier alpha value is -1.80. The van der Waals surface area contributed by atoms with Gasteiger partial charge < -0.3 is 4.42 Å². The van der Waals surface area contributed by atoms with Gasteiger partial charge in [0.05, 0.1) is 5.56 Å². The van der Waals surface area contributed by atoms with Gasteiger partial charge in [0.2, 0.25) is 0 Å². The summed E-state index contributed by atoms with van der Waals surface area (Å²) in [5.41, 5.74) is 1.65. The fourth-order valence-electron chi connectivity index (χ4n) is 2.22. The largest absolute Gasteiger partial charge is 0.460 e. The molecule has 0 aliphatic rings. The number of benzene rings is 2. The van der Waals surface area contributed by atoms with E-state index in [1.54, 1.807) is 18.2 Å². The van der Waals surface area contributed by atoms with Gasteiger partial charge in [-0.1, -0.05) is 36.7 Å². The SMILES string of the molecule is CCc1cc2ccc(F)c(-c3ccccc3Cl)c2o1. The Labute approximate surface area is 115 Å². The molecule has 0 spiro atoms. The van der Waals surface area contributed by atoms with Gasteiger partial charge in [-0.2, -0.15) is 0 Å². The van der Waals surface area contributed by atoms with E-state index in [9.17, 15) is 4.39 Å². The van der Waals surface area contributed by atoms with E-state index in [0.717, 1.165) is 17.6 Å². The smallest absolute Gasteiger partial charge is 0.145 e. The van der Waals surface area contributed by atoms with Gasteiger partial charge in [-0.05, 0) is 24.3 Å². The van der Waals surface area contributed by atoms with Crippen LogP contribution in [-0.4, -0.2) is 0 Å². The minimum Gasteiger partial charge on any atom is -0.460 e. The number of hydrogen-bond donors (Lipinski definition) is 0. The highest BCUT2D eigenvalue weighted by Crippen LogP contribution is 2.36. The Bertz CT molecular complexity index is 746. The molecule has 0 saturated carbocycles. The van der Waals surface area contributed by atoms with Gasteiger partial charge in [0, 0.05) is 22.4 Å². The van der Waals surface area contributed by atoms with E-state index in [1.165, 1.54) is 6.07 Å². The Kier molecular flexibility index (Phi) is 3.03. The van der Waals surface area contributed by atoms with E-state index in [4.69, 9.17) is 16.0 Å². The first-order valence-electron chi connectivity index (χ1n) is 6.16. The van der Waals surface area contributed by atoms with Crippen LogP contribution in [0.25, 0.3) is 22.1 Å². The summed E-state index contributed by atoms with van der Waals surface area (Å²) in [6.45, 7) is 2.00. The summed E-state index contributed by atoms with van der Waals surface area (Å²) in [5, 5.41) is 1.41. The molecule has 0 radical (unpaired) electrons. The van der Waals surface area contributed by atoms with Crippen LogP contribution in [0.3, 0.4) is 0 Å². The molecule has 0 bridgehead atoms. The molecule has 19 heavy (non-hydrogen) atoms. The second-order valence-corrected chi connectivity index (χ2v) is 4.79. The molecule has 1 heterocycles. The third kappa shape index (κ3) is 2.02. The first-order chi connectivity index (χ1) is 9.20. The minimum atomic E-state index is -0.322. The van der Waals surface area contributed by atoms with Crippen LogP contribution >= 0.6 is 11.6 Å². The van der Waals surface area contributed by atoms with Gasteiger partial charge in [0.25, 0.3) is 0 Å². The zero-order valence-corrected chi connectivity index (χ0v) is 11.2. The van der Waals surface area contributed by atoms with Crippen molar-refractivity contribution < 1.29 is 8.81 Å². The quantitative estimate of drug-likeness (QED) is 0.605. The lowest BCUT2D eigenvalue weighted by molar-refractivity contribution is 0.553. The second kappa shape index (κ2) is 4.71. The highest BCUT2D eigenvalue weighted by atomic mass is 35.5. The number of hydrogen-bond acceptors (Lipinski definition) is 1. The molecule has 0 saturated heterocycles. The molecular weight excluding hydrogens is 263 g/mol. The van der Waals surface area contributed by atoms with Gasteiger partial charge in [-0.15, -0.1) is 0 Å². The van der Waals surface area contributed by atoms with Gasteiger partial charge in [-0.3, -0.25) is 0 Å². The molecule has 3 aromatic rings. The summed E-state index contributed by atoms with van der Waals surface area (Å²) in [5.74, 6) is 0.520. The van der Waals surface area contributed by atoms with Crippen molar-refractivity contribution in [1.82, 2.24) is 0 Å². The first-order valence-corrected chi connectivity index (χ1v) is 6.54. The molecule has 3 rings (SSSR count). The molecule has 3 heteroatoms. The van der Waals surface area contributed by atoms with Crippen molar-refractivity contribution in [3.63, 3.8) is 0 Å². The van der Waals surface area contributed by atoms with E-state index in [-0.39, 0.29) is 5.82 Å². The average molecular weight is 275 g/mol. The van der Waals surface area contributed by atoms with Crippen LogP contribution in [0.4, 0.5) is 4.39 Å². The van der Waals surface area contributed by atoms with E-state index in [1.807, 2.05) is 25.1 Å². The van der Waals surface area contributed by atoms with Crippen LogP contribution in [0.15, 0.2) is 46.9 Å². The van der Waals surface area contributed by atoms with Crippen LogP contribution in [0.2, 0.25) is 5.02 Å². The number of halogens is 2. The first kappa shape index (κ1) is 12.2. The molecule has 0 aliphatic carbocycles. The molecule has 96 valence electrons. The normalized spacial score (nSPS) is 11.1. The topological polar surface area (TPSA) is 13.1 Å². The highest BCUT2D eigenvalue weighted by Gasteiger charge is 2.16. The molecular formula is C16H12ClFO. The van der Waals surface area contributed by atoms with Crippen LogP contribution in [0.5, 0.6) is 0 Å². The molecule has 0 amide bonds. The summed E-state index contributed by atoms with van der Waals surface area (Å²) in [6.07, 6.45) is 0.776. The second-order valence-electron chi connectivity index (χ2n) is 4.39. The van der Waals surface area contributed by atoms with Gasteiger partial charge in [0.15, 0.2) is 0 Å². The lowest BCUT2D eigenvalue weighted by Crippen LogP contribution is -1.86. The summed E-state index contributed by atoms with van der Waals surface area (Å²) < 4.78 is 19.9. The summed E-state index contributed by atoms with van der Waals surface area (Å²) in [4.78, 5) is 0. The van der Waals surface area contributed by atoms with Crippen molar-refractivity contribution in [2.45, 2.75) is 13.3 Å². The zero-order valence-electron chi connectivity index (χ0n) is 10.4. The summed E-state index contributed by atoms with van der Waals surface area (Å²) in [7, 11) is 0. The fraction of sp³-hybridized carbons (Fsp3) is 0.125. The average Bonchev–Trinajstić information content (AvgIpc) is 2.83. The lowest BCUT2D eigenvalue weighted by atomic mass is 10.0. The van der Waals surface area contributed by atoms with Gasteiger partial charge >= 0.3 is 0 Å². The van der Waals surface area contributed by atoms with Crippen molar-refractivity contribution >= 4 is 22.6 Å². The van der Waals surface area contributed by atoms with Crippen molar-refractivity contribution in [2.24, 2.45) is 0 Å². The number of aryl methyl sites for hydroxylation is 1. The zero-order chi connectivity index (χ0) is 13.4. The summed E-state index contributed by atoms with van der Waals surface area (Å²) in [6, 6.07) is 12.3. The Morgan fingerprint density at radius 3 is 2.68 bits per heavy atom. The predicted molar refractivity (Wildman–Crippen MR) is 76.0 cm³/mol. The maximum atomic E-state index is 14.2. The molecule has 0 unspecified atom stereocenters. The Morgan fingerprint density at radius 2 is 1.95 bits per heavy atom. The van der Waals surface area contributed by atoms with Crippen molar-refractivity contribution in [3.05, 3.63) is 59.1 Å². The molecule has 1 nitrogen and oxygen atoms in total. The Morgan fingerprint density at radius 1 is 1.16 bits per heavy atom. The monoisotopic (exact) mass is 274 g/mol. The maximum absolute atomic E-state index is 14.2. The van der Waals surface area contributed by atoms with Gasteiger partial charge in [0.1, 0.15) is 17.2 Å². The molecule has 1 aromatic heterocycles. The van der Waals surface area contributed by atoms with Gasteiger partial charge in [-0.25, -0.2) is 4.39 Å². The van der Waals surface area contributed by atoms with Crippen LogP contribution in [0, 0.1) is 5.82 Å². The number of furan rings is 1. The van der Waals surface area contributed by atoms with Crippen molar-refractivity contribution in [1.29, 1.82) is 0 Å². The van der Waals surface area contributed by atoms with Crippen molar-refractivity contribution in [2.75, 3.05) is 0 Å². The van der Waals surface area contributed by atoms with E-state index in [2.05, 4.69) is 0 Å². The van der Waals surface area contributed by atoms with Crippen LogP contribution < -0.4 is 0 Å². The predicted octanol–water partition coefficient (Wildman–Crippen LogP) is 5.45. The number of rotatable bonds is 2. The molecule has 0 aliphatic heterocycles. The molecule has 0 fully saturated rings. The van der Waals surface area contributed by atoms with Crippen LogP contribution in [0.1, 0.15) is 12.7 Å². The fourth-order valence-corrected chi connectivity index (χ4v) is 2.45. The number of fused-ring (bicyclic) bond motifs is 1. The van der Waals surface area contributed by atoms with E-state index < -0.39 is 0 Å². The third-order valence-corrected chi connectivity index (χ3v) is 3.51. The van der Waals surface area contributed by atoms with Crippen LogP contribution in [-0.2, 0) is 6.42 Å². The highest BCUT2D eigenvalue weighted by molar-refractivity contribution is 6.33. The molecule has 0 N–H and O–H groups in total. The maximum Gasteiger partial charge on any atom is 0.145 e. The summed E-state index contributed by atoms with van der Waals surface area (Å²) >= 11 is 6.16. The third-order valence-electron chi connectivity index (χ3n) is 3.18. The molecule has 0 atom stereocenters. The molecule has 2 aromatic carbocycles. The lowest BCUT2D eigenvalue weighted by Gasteiger charge is -2.06. The van der Waals surface area contributed by atoms with E-state index >= 15 is 0 Å².